The first kappa shape index (κ1) is 16.7. The van der Waals surface area contributed by atoms with Crippen molar-refractivity contribution in [3.05, 3.63) is 29.8 Å². The fourth-order valence-electron chi connectivity index (χ4n) is 4.46. The number of methoxy groups -OCH3 is 1. The van der Waals surface area contributed by atoms with Gasteiger partial charge in [0.25, 0.3) is 0 Å². The molecule has 5 heteroatoms. The van der Waals surface area contributed by atoms with Crippen molar-refractivity contribution < 1.29 is 9.53 Å². The third-order valence-electron chi connectivity index (χ3n) is 6.22. The molecule has 0 unspecified atom stereocenters. The summed E-state index contributed by atoms with van der Waals surface area (Å²) < 4.78 is 5.52. The molecule has 0 radical (unpaired) electrons. The molecule has 1 N–H and O–H groups in total. The van der Waals surface area contributed by atoms with Gasteiger partial charge < -0.3 is 15.0 Å². The maximum absolute atomic E-state index is 12.6. The normalized spacial score (nSPS) is 25.2. The van der Waals surface area contributed by atoms with Crippen molar-refractivity contribution in [3.8, 4) is 5.75 Å². The van der Waals surface area contributed by atoms with Gasteiger partial charge in [0, 0.05) is 36.7 Å². The molecule has 1 atom stereocenters. The molecular weight excluding hydrogens is 314 g/mol. The molecule has 2 amide bonds. The van der Waals surface area contributed by atoms with Crippen LogP contribution in [0.25, 0.3) is 0 Å². The van der Waals surface area contributed by atoms with Crippen LogP contribution in [-0.4, -0.2) is 61.7 Å². The lowest BCUT2D eigenvalue weighted by Gasteiger charge is -2.25. The van der Waals surface area contributed by atoms with Crippen LogP contribution in [0.3, 0.4) is 0 Å². The SMILES string of the molecule is COc1ccccc1C1(CNC(=O)N2CC[C@H](N3CCCC3)C2)CC1. The number of rotatable bonds is 5. The Morgan fingerprint density at radius 1 is 1.24 bits per heavy atom. The van der Waals surface area contributed by atoms with Crippen LogP contribution < -0.4 is 10.1 Å². The maximum Gasteiger partial charge on any atom is 0.317 e. The highest BCUT2D eigenvalue weighted by molar-refractivity contribution is 5.75. The van der Waals surface area contributed by atoms with Crippen LogP contribution in [0.1, 0.15) is 37.7 Å². The predicted octanol–water partition coefficient (Wildman–Crippen LogP) is 2.61. The van der Waals surface area contributed by atoms with E-state index in [0.29, 0.717) is 12.6 Å². The Morgan fingerprint density at radius 2 is 2.00 bits per heavy atom. The van der Waals surface area contributed by atoms with E-state index in [9.17, 15) is 4.79 Å². The second kappa shape index (κ2) is 6.87. The molecule has 136 valence electrons. The zero-order valence-corrected chi connectivity index (χ0v) is 15.2. The van der Waals surface area contributed by atoms with Crippen molar-refractivity contribution >= 4 is 6.03 Å². The van der Waals surface area contributed by atoms with Gasteiger partial charge in [-0.25, -0.2) is 4.79 Å². The van der Waals surface area contributed by atoms with Crippen LogP contribution in [0.15, 0.2) is 24.3 Å². The predicted molar refractivity (Wildman–Crippen MR) is 98.1 cm³/mol. The summed E-state index contributed by atoms with van der Waals surface area (Å²) >= 11 is 0. The largest absolute Gasteiger partial charge is 0.496 e. The fourth-order valence-corrected chi connectivity index (χ4v) is 4.46. The van der Waals surface area contributed by atoms with Crippen molar-refractivity contribution in [1.29, 1.82) is 0 Å². The minimum absolute atomic E-state index is 0.0658. The molecule has 1 aliphatic carbocycles. The second-order valence-electron chi connectivity index (χ2n) is 7.77. The maximum atomic E-state index is 12.6. The number of carbonyl (C=O) groups excluding carboxylic acids is 1. The Bertz CT molecular complexity index is 623. The number of para-hydroxylation sites is 1. The van der Waals surface area contributed by atoms with Gasteiger partial charge in [0.15, 0.2) is 0 Å². The van der Waals surface area contributed by atoms with Crippen LogP contribution in [0.4, 0.5) is 4.79 Å². The number of nitrogens with one attached hydrogen (secondary N) is 1. The summed E-state index contributed by atoms with van der Waals surface area (Å²) in [6.45, 7) is 4.88. The topological polar surface area (TPSA) is 44.8 Å². The van der Waals surface area contributed by atoms with Crippen LogP contribution in [0.5, 0.6) is 5.75 Å². The average molecular weight is 343 g/mol. The Hall–Kier alpha value is -1.75. The lowest BCUT2D eigenvalue weighted by molar-refractivity contribution is 0.197. The molecule has 25 heavy (non-hydrogen) atoms. The van der Waals surface area contributed by atoms with Gasteiger partial charge in [-0.15, -0.1) is 0 Å². The number of amides is 2. The van der Waals surface area contributed by atoms with Crippen LogP contribution in [0.2, 0.25) is 0 Å². The van der Waals surface area contributed by atoms with E-state index in [-0.39, 0.29) is 11.4 Å². The molecule has 2 saturated heterocycles. The van der Waals surface area contributed by atoms with Crippen LogP contribution in [-0.2, 0) is 5.41 Å². The number of hydrogen-bond acceptors (Lipinski definition) is 3. The van der Waals surface area contributed by atoms with E-state index in [1.54, 1.807) is 7.11 Å². The monoisotopic (exact) mass is 343 g/mol. The smallest absolute Gasteiger partial charge is 0.317 e. The molecule has 3 fully saturated rings. The summed E-state index contributed by atoms with van der Waals surface area (Å²) in [4.78, 5) is 17.2. The Kier molecular flexibility index (Phi) is 4.59. The number of hydrogen-bond donors (Lipinski definition) is 1. The molecule has 0 spiro atoms. The van der Waals surface area contributed by atoms with Gasteiger partial charge in [-0.1, -0.05) is 18.2 Å². The molecule has 5 nitrogen and oxygen atoms in total. The number of nitrogens with zero attached hydrogens (tertiary/aromatic N) is 2. The molecule has 0 bridgehead atoms. The quantitative estimate of drug-likeness (QED) is 0.894. The van der Waals surface area contributed by atoms with E-state index in [1.807, 2.05) is 17.0 Å². The van der Waals surface area contributed by atoms with Gasteiger partial charge in [0.1, 0.15) is 5.75 Å². The van der Waals surface area contributed by atoms with Gasteiger partial charge in [-0.3, -0.25) is 4.90 Å². The van der Waals surface area contributed by atoms with E-state index in [4.69, 9.17) is 4.74 Å². The highest BCUT2D eigenvalue weighted by Gasteiger charge is 2.46. The molecule has 4 rings (SSSR count). The minimum atomic E-state index is 0.0658. The summed E-state index contributed by atoms with van der Waals surface area (Å²) in [5, 5.41) is 3.20. The van der Waals surface area contributed by atoms with Crippen molar-refractivity contribution in [2.24, 2.45) is 0 Å². The first-order valence-corrected chi connectivity index (χ1v) is 9.62. The highest BCUT2D eigenvalue weighted by atomic mass is 16.5. The second-order valence-corrected chi connectivity index (χ2v) is 7.77. The summed E-state index contributed by atoms with van der Waals surface area (Å²) in [5.41, 5.74) is 1.30. The number of ether oxygens (including phenoxy) is 1. The molecule has 1 aromatic rings. The zero-order chi connectivity index (χ0) is 17.3. The van der Waals surface area contributed by atoms with E-state index >= 15 is 0 Å². The van der Waals surface area contributed by atoms with Crippen molar-refractivity contribution in [2.75, 3.05) is 39.8 Å². The lowest BCUT2D eigenvalue weighted by Crippen LogP contribution is -2.43. The number of urea groups is 1. The zero-order valence-electron chi connectivity index (χ0n) is 15.2. The summed E-state index contributed by atoms with van der Waals surface area (Å²) in [5.74, 6) is 0.935. The standard InChI is InChI=1S/C20H29N3O2/c1-25-18-7-3-2-6-17(18)20(9-10-20)15-21-19(24)23-13-8-16(14-23)22-11-4-5-12-22/h2-3,6-7,16H,4-5,8-15H2,1H3,(H,21,24)/t16-/m0/s1. The molecule has 2 aliphatic heterocycles. The molecule has 0 aromatic heterocycles. The van der Waals surface area contributed by atoms with Crippen molar-refractivity contribution in [3.63, 3.8) is 0 Å². The number of benzene rings is 1. The highest BCUT2D eigenvalue weighted by Crippen LogP contribution is 2.50. The molecule has 1 saturated carbocycles. The molecule has 1 aromatic carbocycles. The van der Waals surface area contributed by atoms with Crippen molar-refractivity contribution in [1.82, 2.24) is 15.1 Å². The third-order valence-corrected chi connectivity index (χ3v) is 6.22. The van der Waals surface area contributed by atoms with E-state index < -0.39 is 0 Å². The first-order chi connectivity index (χ1) is 12.2. The van der Waals surface area contributed by atoms with Gasteiger partial charge in [0.05, 0.1) is 7.11 Å². The minimum Gasteiger partial charge on any atom is -0.496 e. The Labute approximate surface area is 150 Å². The molecule has 2 heterocycles. The van der Waals surface area contributed by atoms with E-state index in [1.165, 1.54) is 31.5 Å². The van der Waals surface area contributed by atoms with Gasteiger partial charge >= 0.3 is 6.03 Å². The number of likely N-dealkylation sites (tertiary alicyclic amines) is 2. The van der Waals surface area contributed by atoms with Gasteiger partial charge in [-0.05, 0) is 51.3 Å². The Balaban J connectivity index is 1.33. The van der Waals surface area contributed by atoms with E-state index in [2.05, 4.69) is 22.3 Å². The van der Waals surface area contributed by atoms with Crippen LogP contribution >= 0.6 is 0 Å². The first-order valence-electron chi connectivity index (χ1n) is 9.62. The van der Waals surface area contributed by atoms with Crippen molar-refractivity contribution in [2.45, 2.75) is 43.6 Å². The summed E-state index contributed by atoms with van der Waals surface area (Å²) in [6, 6.07) is 8.87. The fraction of sp³-hybridized carbons (Fsp3) is 0.650. The average Bonchev–Trinajstić information content (AvgIpc) is 3.05. The molecule has 3 aliphatic rings. The number of carbonyl (C=O) groups is 1. The molecular formula is C20H29N3O2. The third kappa shape index (κ3) is 3.34. The van der Waals surface area contributed by atoms with Gasteiger partial charge in [-0.2, -0.15) is 0 Å². The lowest BCUT2D eigenvalue weighted by atomic mass is 9.95. The van der Waals surface area contributed by atoms with Gasteiger partial charge in [0.2, 0.25) is 0 Å². The summed E-state index contributed by atoms with van der Waals surface area (Å²) in [6.07, 6.45) is 5.97. The van der Waals surface area contributed by atoms with E-state index in [0.717, 1.165) is 38.1 Å². The Morgan fingerprint density at radius 3 is 2.72 bits per heavy atom. The van der Waals surface area contributed by atoms with Crippen LogP contribution in [0, 0.1) is 0 Å². The summed E-state index contributed by atoms with van der Waals surface area (Å²) in [7, 11) is 1.72.